The van der Waals surface area contributed by atoms with Crippen molar-refractivity contribution in [2.75, 3.05) is 25.4 Å². The number of carbonyl (C=O) groups excluding carboxylic acids is 2. The fourth-order valence-electron chi connectivity index (χ4n) is 3.96. The Morgan fingerprint density at radius 3 is 2.80 bits per heavy atom. The molecule has 30 heavy (non-hydrogen) atoms. The first-order valence-corrected chi connectivity index (χ1v) is 11.2. The Balaban J connectivity index is 1.29. The van der Waals surface area contributed by atoms with Crippen molar-refractivity contribution in [3.63, 3.8) is 0 Å². The summed E-state index contributed by atoms with van der Waals surface area (Å²) in [6.45, 7) is 5.97. The summed E-state index contributed by atoms with van der Waals surface area (Å²) in [5.41, 5.74) is 0.697. The standard InChI is InChI=1S/C21H26N4O4S/c1-14(2)17-12-29-21(27)25(17)15-6-9-24(10-7-15)19(26)13-30-20-22-8-5-16(23-20)18-4-3-11-28-18/h3-5,8,11,14-15,17H,6-7,9-10,12-13H2,1-2H3. The molecule has 2 aromatic rings. The van der Waals surface area contributed by atoms with Gasteiger partial charge < -0.3 is 14.1 Å². The highest BCUT2D eigenvalue weighted by Gasteiger charge is 2.41. The molecule has 0 aromatic carbocycles. The van der Waals surface area contributed by atoms with Crippen molar-refractivity contribution >= 4 is 23.8 Å². The number of hydrogen-bond acceptors (Lipinski definition) is 7. The minimum Gasteiger partial charge on any atom is -0.463 e. The molecule has 2 aromatic heterocycles. The van der Waals surface area contributed by atoms with Crippen LogP contribution >= 0.6 is 11.8 Å². The van der Waals surface area contributed by atoms with E-state index in [1.165, 1.54) is 11.8 Å². The topological polar surface area (TPSA) is 88.8 Å². The van der Waals surface area contributed by atoms with E-state index in [4.69, 9.17) is 9.15 Å². The molecule has 0 N–H and O–H groups in total. The molecular formula is C21H26N4O4S. The Kier molecular flexibility index (Phi) is 6.26. The van der Waals surface area contributed by atoms with Crippen LogP contribution in [0.4, 0.5) is 4.79 Å². The maximum atomic E-state index is 12.7. The van der Waals surface area contributed by atoms with Gasteiger partial charge in [0.25, 0.3) is 0 Å². The number of cyclic esters (lactones) is 1. The minimum atomic E-state index is -0.220. The molecule has 2 saturated heterocycles. The first-order chi connectivity index (χ1) is 14.5. The number of likely N-dealkylation sites (tertiary alicyclic amines) is 1. The van der Waals surface area contributed by atoms with Gasteiger partial charge in [0.15, 0.2) is 10.9 Å². The van der Waals surface area contributed by atoms with Gasteiger partial charge in [-0.15, -0.1) is 0 Å². The van der Waals surface area contributed by atoms with Crippen molar-refractivity contribution in [1.29, 1.82) is 0 Å². The van der Waals surface area contributed by atoms with Crippen molar-refractivity contribution in [2.45, 2.75) is 43.9 Å². The van der Waals surface area contributed by atoms with Crippen molar-refractivity contribution in [1.82, 2.24) is 19.8 Å². The molecule has 2 fully saturated rings. The molecule has 2 aliphatic rings. The highest BCUT2D eigenvalue weighted by atomic mass is 32.2. The van der Waals surface area contributed by atoms with Gasteiger partial charge in [0.1, 0.15) is 12.3 Å². The Bertz CT molecular complexity index is 881. The average Bonchev–Trinajstić information content (AvgIpc) is 3.42. The molecule has 0 radical (unpaired) electrons. The molecule has 160 valence electrons. The fraction of sp³-hybridized carbons (Fsp3) is 0.524. The van der Waals surface area contributed by atoms with Crippen molar-refractivity contribution in [3.8, 4) is 11.5 Å². The van der Waals surface area contributed by atoms with Gasteiger partial charge in [0, 0.05) is 25.3 Å². The van der Waals surface area contributed by atoms with Crippen LogP contribution in [0, 0.1) is 5.92 Å². The number of rotatable bonds is 6. The zero-order valence-corrected chi connectivity index (χ0v) is 18.0. The summed E-state index contributed by atoms with van der Waals surface area (Å²) in [5, 5.41) is 0.548. The number of aromatic nitrogens is 2. The maximum Gasteiger partial charge on any atom is 0.410 e. The van der Waals surface area contributed by atoms with Gasteiger partial charge in [-0.05, 0) is 37.0 Å². The highest BCUT2D eigenvalue weighted by molar-refractivity contribution is 7.99. The minimum absolute atomic E-state index is 0.0647. The normalized spacial score (nSPS) is 20.1. The van der Waals surface area contributed by atoms with E-state index in [-0.39, 0.29) is 29.8 Å². The van der Waals surface area contributed by atoms with Crippen LogP contribution in [0.25, 0.3) is 11.5 Å². The Labute approximate surface area is 180 Å². The molecule has 8 nitrogen and oxygen atoms in total. The quantitative estimate of drug-likeness (QED) is 0.513. The molecule has 4 heterocycles. The second kappa shape index (κ2) is 9.07. The summed E-state index contributed by atoms with van der Waals surface area (Å²) in [6.07, 6.45) is 4.60. The van der Waals surface area contributed by atoms with Gasteiger partial charge in [-0.1, -0.05) is 25.6 Å². The van der Waals surface area contributed by atoms with E-state index in [9.17, 15) is 9.59 Å². The largest absolute Gasteiger partial charge is 0.463 e. The molecule has 2 amide bonds. The third-order valence-corrected chi connectivity index (χ3v) is 6.50. The number of furan rings is 1. The predicted molar refractivity (Wildman–Crippen MR) is 112 cm³/mol. The van der Waals surface area contributed by atoms with E-state index in [1.54, 1.807) is 18.5 Å². The Morgan fingerprint density at radius 1 is 1.30 bits per heavy atom. The van der Waals surface area contributed by atoms with E-state index >= 15 is 0 Å². The Morgan fingerprint density at radius 2 is 2.10 bits per heavy atom. The lowest BCUT2D eigenvalue weighted by Gasteiger charge is -2.38. The van der Waals surface area contributed by atoms with E-state index in [0.29, 0.717) is 42.2 Å². The lowest BCUT2D eigenvalue weighted by atomic mass is 9.98. The lowest BCUT2D eigenvalue weighted by Crippen LogP contribution is -2.51. The van der Waals surface area contributed by atoms with Gasteiger partial charge in [-0.25, -0.2) is 14.8 Å². The number of nitrogens with zero attached hydrogens (tertiary/aromatic N) is 4. The first kappa shape index (κ1) is 20.7. The molecule has 0 spiro atoms. The molecule has 9 heteroatoms. The van der Waals surface area contributed by atoms with Crippen LogP contribution in [0.15, 0.2) is 40.2 Å². The van der Waals surface area contributed by atoms with Crippen LogP contribution in [0.3, 0.4) is 0 Å². The van der Waals surface area contributed by atoms with Gasteiger partial charge in [-0.3, -0.25) is 9.69 Å². The molecular weight excluding hydrogens is 404 g/mol. The summed E-state index contributed by atoms with van der Waals surface area (Å²) >= 11 is 1.32. The monoisotopic (exact) mass is 430 g/mol. The summed E-state index contributed by atoms with van der Waals surface area (Å²) in [5.74, 6) is 1.37. The first-order valence-electron chi connectivity index (χ1n) is 10.3. The molecule has 4 rings (SSSR count). The van der Waals surface area contributed by atoms with Crippen molar-refractivity contribution < 1.29 is 18.7 Å². The average molecular weight is 431 g/mol. The molecule has 2 aliphatic heterocycles. The fourth-order valence-corrected chi connectivity index (χ4v) is 4.70. The highest BCUT2D eigenvalue weighted by Crippen LogP contribution is 2.28. The number of thioether (sulfide) groups is 1. The van der Waals surface area contributed by atoms with E-state index in [2.05, 4.69) is 23.8 Å². The number of carbonyl (C=O) groups is 2. The number of ether oxygens (including phenoxy) is 1. The third kappa shape index (κ3) is 4.45. The van der Waals surface area contributed by atoms with Crippen molar-refractivity contribution in [3.05, 3.63) is 30.7 Å². The second-order valence-electron chi connectivity index (χ2n) is 7.90. The van der Waals surface area contributed by atoms with E-state index in [0.717, 1.165) is 12.8 Å². The smallest absolute Gasteiger partial charge is 0.410 e. The third-order valence-electron chi connectivity index (χ3n) is 5.66. The van der Waals surface area contributed by atoms with Gasteiger partial charge in [0.05, 0.1) is 18.1 Å². The number of piperidine rings is 1. The van der Waals surface area contributed by atoms with Crippen LogP contribution in [0.5, 0.6) is 0 Å². The van der Waals surface area contributed by atoms with Crippen LogP contribution in [-0.2, 0) is 9.53 Å². The summed E-state index contributed by atoms with van der Waals surface area (Å²) < 4.78 is 10.6. The van der Waals surface area contributed by atoms with E-state index < -0.39 is 0 Å². The molecule has 0 bridgehead atoms. The molecule has 0 saturated carbocycles. The lowest BCUT2D eigenvalue weighted by molar-refractivity contribution is -0.129. The summed E-state index contributed by atoms with van der Waals surface area (Å²) in [7, 11) is 0. The van der Waals surface area contributed by atoms with Crippen LogP contribution < -0.4 is 0 Å². The second-order valence-corrected chi connectivity index (χ2v) is 8.84. The van der Waals surface area contributed by atoms with E-state index in [1.807, 2.05) is 21.9 Å². The number of amides is 2. The molecule has 1 atom stereocenters. The maximum absolute atomic E-state index is 12.7. The molecule has 0 aliphatic carbocycles. The summed E-state index contributed by atoms with van der Waals surface area (Å²) in [4.78, 5) is 37.3. The van der Waals surface area contributed by atoms with Crippen molar-refractivity contribution in [2.24, 2.45) is 5.92 Å². The Hall–Kier alpha value is -2.55. The van der Waals surface area contributed by atoms with Gasteiger partial charge >= 0.3 is 6.09 Å². The summed E-state index contributed by atoms with van der Waals surface area (Å²) in [6, 6.07) is 5.69. The van der Waals surface area contributed by atoms with Gasteiger partial charge in [-0.2, -0.15) is 0 Å². The number of hydrogen-bond donors (Lipinski definition) is 0. The van der Waals surface area contributed by atoms with Gasteiger partial charge in [0.2, 0.25) is 5.91 Å². The SMILES string of the molecule is CC(C)C1COC(=O)N1C1CCN(C(=O)CSc2nccc(-c3ccco3)n2)CC1. The van der Waals surface area contributed by atoms with Crippen LogP contribution in [-0.4, -0.2) is 69.3 Å². The van der Waals surface area contributed by atoms with Crippen LogP contribution in [0.2, 0.25) is 0 Å². The molecule has 1 unspecified atom stereocenters. The van der Waals surface area contributed by atoms with Crippen LogP contribution in [0.1, 0.15) is 26.7 Å². The predicted octanol–water partition coefficient (Wildman–Crippen LogP) is 3.30. The zero-order valence-electron chi connectivity index (χ0n) is 17.2. The zero-order chi connectivity index (χ0) is 21.1.